The molecule has 0 fully saturated rings. The Balaban J connectivity index is 1.66. The van der Waals surface area contributed by atoms with Crippen LogP contribution in [0.2, 0.25) is 0 Å². The van der Waals surface area contributed by atoms with E-state index in [-0.39, 0.29) is 15.4 Å². The number of nitrogens with zero attached hydrogens (tertiary/aromatic N) is 1. The van der Waals surface area contributed by atoms with Gasteiger partial charge < -0.3 is 26.0 Å². The van der Waals surface area contributed by atoms with E-state index in [0.29, 0.717) is 12.2 Å². The molecule has 1 heterocycles. The number of anilines is 1. The standard InChI is InChI=1S/C20H19N3O6S/c24-19(22-13-14-2-1-11-21-12-14)23-16-5-9-18(10-6-16)30(28,29)17-7-3-15(4-8-17)20(25,26)27/h1-12,25-27H,13H2,(H2,22,23,24). The molecule has 0 aliphatic carbocycles. The lowest BCUT2D eigenvalue weighted by molar-refractivity contribution is -0.323. The maximum atomic E-state index is 12.7. The van der Waals surface area contributed by atoms with Gasteiger partial charge in [-0.2, -0.15) is 0 Å². The molecule has 3 rings (SSSR count). The molecule has 5 N–H and O–H groups in total. The number of benzene rings is 2. The summed E-state index contributed by atoms with van der Waals surface area (Å²) < 4.78 is 25.4. The second kappa shape index (κ2) is 8.59. The van der Waals surface area contributed by atoms with Gasteiger partial charge in [0.05, 0.1) is 9.79 Å². The number of nitrogens with one attached hydrogen (secondary N) is 2. The van der Waals surface area contributed by atoms with E-state index in [1.165, 1.54) is 24.3 Å². The summed E-state index contributed by atoms with van der Waals surface area (Å²) in [6, 6.07) is 13.2. The van der Waals surface area contributed by atoms with Crippen molar-refractivity contribution in [2.75, 3.05) is 5.32 Å². The van der Waals surface area contributed by atoms with Crippen LogP contribution in [0.1, 0.15) is 11.1 Å². The van der Waals surface area contributed by atoms with E-state index in [2.05, 4.69) is 15.6 Å². The molecule has 30 heavy (non-hydrogen) atoms. The number of hydrogen-bond donors (Lipinski definition) is 5. The molecule has 0 spiro atoms. The number of carbonyl (C=O) groups is 1. The molecule has 0 bridgehead atoms. The van der Waals surface area contributed by atoms with Crippen molar-refractivity contribution in [1.82, 2.24) is 10.3 Å². The van der Waals surface area contributed by atoms with Gasteiger partial charge in [0.1, 0.15) is 0 Å². The number of sulfone groups is 1. The first-order valence-electron chi connectivity index (χ1n) is 8.73. The van der Waals surface area contributed by atoms with E-state index in [9.17, 15) is 13.2 Å². The third-order valence-corrected chi connectivity index (χ3v) is 5.94. The summed E-state index contributed by atoms with van der Waals surface area (Å²) in [5.41, 5.74) is 0.970. The molecule has 0 unspecified atom stereocenters. The normalized spacial score (nSPS) is 11.7. The van der Waals surface area contributed by atoms with Crippen LogP contribution in [0.4, 0.5) is 10.5 Å². The number of hydrogen-bond acceptors (Lipinski definition) is 7. The Labute approximate surface area is 172 Å². The molecular weight excluding hydrogens is 410 g/mol. The molecule has 0 saturated carbocycles. The largest absolute Gasteiger partial charge is 0.340 e. The van der Waals surface area contributed by atoms with Crippen molar-refractivity contribution < 1.29 is 28.5 Å². The first kappa shape index (κ1) is 21.4. The number of rotatable bonds is 6. The Bertz CT molecular complexity index is 1110. The Morgan fingerprint density at radius 2 is 1.53 bits per heavy atom. The molecule has 10 heteroatoms. The van der Waals surface area contributed by atoms with Gasteiger partial charge in [0.25, 0.3) is 0 Å². The van der Waals surface area contributed by atoms with E-state index in [0.717, 1.165) is 29.8 Å². The summed E-state index contributed by atoms with van der Waals surface area (Å²) in [5, 5.41) is 32.6. The molecule has 0 aliphatic rings. The molecule has 1 aromatic heterocycles. The Morgan fingerprint density at radius 3 is 2.07 bits per heavy atom. The SMILES string of the molecule is O=C(NCc1cccnc1)Nc1ccc(S(=O)(=O)c2ccc(C(O)(O)O)cc2)cc1. The highest BCUT2D eigenvalue weighted by Gasteiger charge is 2.23. The van der Waals surface area contributed by atoms with Crippen LogP contribution in [0, 0.1) is 0 Å². The van der Waals surface area contributed by atoms with Crippen LogP contribution in [-0.4, -0.2) is 34.8 Å². The van der Waals surface area contributed by atoms with Gasteiger partial charge in [-0.05, 0) is 60.2 Å². The number of aliphatic hydroxyl groups is 3. The highest BCUT2D eigenvalue weighted by atomic mass is 32.2. The second-order valence-corrected chi connectivity index (χ2v) is 8.31. The van der Waals surface area contributed by atoms with Crippen LogP contribution < -0.4 is 10.6 Å². The van der Waals surface area contributed by atoms with Crippen LogP contribution in [-0.2, 0) is 22.4 Å². The number of aromatic nitrogens is 1. The molecule has 0 saturated heterocycles. The lowest BCUT2D eigenvalue weighted by atomic mass is 10.2. The number of urea groups is 1. The van der Waals surface area contributed by atoms with Crippen LogP contribution >= 0.6 is 0 Å². The predicted molar refractivity (Wildman–Crippen MR) is 107 cm³/mol. The van der Waals surface area contributed by atoms with Crippen molar-refractivity contribution in [3.8, 4) is 0 Å². The highest BCUT2D eigenvalue weighted by Crippen LogP contribution is 2.24. The van der Waals surface area contributed by atoms with Gasteiger partial charge in [-0.15, -0.1) is 0 Å². The third-order valence-electron chi connectivity index (χ3n) is 4.15. The van der Waals surface area contributed by atoms with E-state index in [1.54, 1.807) is 18.5 Å². The van der Waals surface area contributed by atoms with Crippen molar-refractivity contribution in [3.63, 3.8) is 0 Å². The minimum absolute atomic E-state index is 0.0140. The van der Waals surface area contributed by atoms with Crippen molar-refractivity contribution in [2.24, 2.45) is 0 Å². The molecule has 3 aromatic rings. The first-order valence-corrected chi connectivity index (χ1v) is 10.2. The maximum absolute atomic E-state index is 12.7. The zero-order valence-electron chi connectivity index (χ0n) is 15.6. The monoisotopic (exact) mass is 429 g/mol. The van der Waals surface area contributed by atoms with Gasteiger partial charge >= 0.3 is 12.0 Å². The quantitative estimate of drug-likeness (QED) is 0.371. The number of pyridine rings is 1. The van der Waals surface area contributed by atoms with Crippen LogP contribution in [0.3, 0.4) is 0 Å². The zero-order valence-corrected chi connectivity index (χ0v) is 16.4. The highest BCUT2D eigenvalue weighted by molar-refractivity contribution is 7.91. The first-order chi connectivity index (χ1) is 14.2. The lowest BCUT2D eigenvalue weighted by Gasteiger charge is -2.14. The minimum Gasteiger partial charge on any atom is -0.340 e. The summed E-state index contributed by atoms with van der Waals surface area (Å²) >= 11 is 0. The Kier molecular flexibility index (Phi) is 6.13. The fourth-order valence-electron chi connectivity index (χ4n) is 2.57. The molecule has 0 radical (unpaired) electrons. The van der Waals surface area contributed by atoms with E-state index in [4.69, 9.17) is 15.3 Å². The fraction of sp³-hybridized carbons (Fsp3) is 0.100. The van der Waals surface area contributed by atoms with E-state index in [1.807, 2.05) is 6.07 Å². The van der Waals surface area contributed by atoms with Crippen LogP contribution in [0.15, 0.2) is 82.8 Å². The Morgan fingerprint density at radius 1 is 0.933 bits per heavy atom. The third kappa shape index (κ3) is 5.19. The summed E-state index contributed by atoms with van der Waals surface area (Å²) in [7, 11) is -3.87. The van der Waals surface area contributed by atoms with Crippen molar-refractivity contribution in [3.05, 3.63) is 84.2 Å². The second-order valence-electron chi connectivity index (χ2n) is 6.36. The van der Waals surface area contributed by atoms with E-state index < -0.39 is 21.8 Å². The van der Waals surface area contributed by atoms with Gasteiger partial charge in [0.15, 0.2) is 0 Å². The minimum atomic E-state index is -3.87. The molecule has 0 atom stereocenters. The molecular formula is C20H19N3O6S. The number of amides is 2. The van der Waals surface area contributed by atoms with Crippen molar-refractivity contribution in [1.29, 1.82) is 0 Å². The molecule has 156 valence electrons. The fourth-order valence-corrected chi connectivity index (χ4v) is 3.83. The lowest BCUT2D eigenvalue weighted by Crippen LogP contribution is -2.28. The van der Waals surface area contributed by atoms with Crippen LogP contribution in [0.25, 0.3) is 0 Å². The smallest absolute Gasteiger partial charge is 0.319 e. The average Bonchev–Trinajstić information content (AvgIpc) is 2.73. The van der Waals surface area contributed by atoms with Crippen molar-refractivity contribution >= 4 is 21.6 Å². The Hall–Kier alpha value is -3.31. The summed E-state index contributed by atoms with van der Waals surface area (Å²) in [5.74, 6) is -3.05. The molecule has 0 aliphatic heterocycles. The van der Waals surface area contributed by atoms with Crippen molar-refractivity contribution in [2.45, 2.75) is 22.3 Å². The van der Waals surface area contributed by atoms with Gasteiger partial charge in [0.2, 0.25) is 9.84 Å². The van der Waals surface area contributed by atoms with E-state index >= 15 is 0 Å². The zero-order chi connectivity index (χ0) is 21.8. The van der Waals surface area contributed by atoms with Gasteiger partial charge in [-0.25, -0.2) is 13.2 Å². The van der Waals surface area contributed by atoms with Gasteiger partial charge in [-0.1, -0.05) is 6.07 Å². The summed E-state index contributed by atoms with van der Waals surface area (Å²) in [6.07, 6.45) is 3.26. The maximum Gasteiger partial charge on any atom is 0.319 e. The number of carbonyl (C=O) groups excluding carboxylic acids is 1. The molecule has 2 amide bonds. The van der Waals surface area contributed by atoms with Crippen LogP contribution in [0.5, 0.6) is 0 Å². The molecule has 2 aromatic carbocycles. The topological polar surface area (TPSA) is 149 Å². The van der Waals surface area contributed by atoms with Gasteiger partial charge in [-0.3, -0.25) is 4.98 Å². The average molecular weight is 429 g/mol. The molecule has 9 nitrogen and oxygen atoms in total. The summed E-state index contributed by atoms with van der Waals surface area (Å²) in [4.78, 5) is 15.8. The summed E-state index contributed by atoms with van der Waals surface area (Å²) in [6.45, 7) is 0.291. The van der Waals surface area contributed by atoms with Gasteiger partial charge in [0, 0.05) is 30.2 Å². The predicted octanol–water partition coefficient (Wildman–Crippen LogP) is 1.32.